The van der Waals surface area contributed by atoms with E-state index in [1.54, 1.807) is 0 Å². The lowest BCUT2D eigenvalue weighted by Crippen LogP contribution is -1.96. The Morgan fingerprint density at radius 1 is 0.938 bits per heavy atom. The molecule has 0 aromatic carbocycles. The van der Waals surface area contributed by atoms with Gasteiger partial charge in [0.05, 0.1) is 0 Å². The van der Waals surface area contributed by atoms with Gasteiger partial charge in [0.25, 0.3) is 0 Å². The molecule has 0 aliphatic rings. The van der Waals surface area contributed by atoms with E-state index in [2.05, 4.69) is 12.2 Å². The molecule has 0 spiro atoms. The number of aliphatic carboxylic acids is 1. The van der Waals surface area contributed by atoms with E-state index in [0.29, 0.717) is 6.42 Å². The minimum Gasteiger partial charge on any atom is -0.481 e. The smallest absolute Gasteiger partial charge is 0.303 e. The zero-order valence-electron chi connectivity index (χ0n) is 10.2. The topological polar surface area (TPSA) is 63.3 Å². The first-order chi connectivity index (χ1) is 7.77. The van der Waals surface area contributed by atoms with Gasteiger partial charge in [-0.25, -0.2) is 0 Å². The fraction of sp³-hybridized carbons (Fsp3) is 0.769. The van der Waals surface area contributed by atoms with Gasteiger partial charge in [-0.1, -0.05) is 25.0 Å². The Kier molecular flexibility index (Phi) is 11.6. The zero-order chi connectivity index (χ0) is 12.1. The van der Waals surface area contributed by atoms with Crippen molar-refractivity contribution < 1.29 is 9.90 Å². The lowest BCUT2D eigenvalue weighted by molar-refractivity contribution is -0.137. The van der Waals surface area contributed by atoms with Crippen LogP contribution < -0.4 is 5.73 Å². The van der Waals surface area contributed by atoms with E-state index in [-0.39, 0.29) is 0 Å². The summed E-state index contributed by atoms with van der Waals surface area (Å²) < 4.78 is 0. The summed E-state index contributed by atoms with van der Waals surface area (Å²) >= 11 is 0. The van der Waals surface area contributed by atoms with Crippen LogP contribution in [0.25, 0.3) is 0 Å². The number of allylic oxidation sites excluding steroid dienone is 2. The molecule has 94 valence electrons. The molecule has 0 rings (SSSR count). The molecule has 0 heterocycles. The molecule has 3 nitrogen and oxygen atoms in total. The Morgan fingerprint density at radius 2 is 1.50 bits per heavy atom. The standard InChI is InChI=1S/C13H25NO2/c14-12-10-8-6-4-2-1-3-5-7-9-11-13(15)16/h2,4H,1,3,5-12,14H2,(H,15,16)/b4-2-. The van der Waals surface area contributed by atoms with Gasteiger partial charge in [-0.2, -0.15) is 0 Å². The summed E-state index contributed by atoms with van der Waals surface area (Å²) in [5.74, 6) is -0.681. The summed E-state index contributed by atoms with van der Waals surface area (Å²) in [6.45, 7) is 0.789. The fourth-order valence-corrected chi connectivity index (χ4v) is 1.53. The number of unbranched alkanes of at least 4 members (excludes halogenated alkanes) is 6. The molecule has 0 unspecified atom stereocenters. The second-order valence-corrected chi connectivity index (χ2v) is 4.10. The number of hydrogen-bond acceptors (Lipinski definition) is 2. The molecule has 0 radical (unpaired) electrons. The van der Waals surface area contributed by atoms with Crippen LogP contribution in [0.2, 0.25) is 0 Å². The van der Waals surface area contributed by atoms with Gasteiger partial charge < -0.3 is 10.8 Å². The molecule has 0 saturated carbocycles. The lowest BCUT2D eigenvalue weighted by Gasteiger charge is -1.97. The van der Waals surface area contributed by atoms with Crippen LogP contribution in [-0.4, -0.2) is 17.6 Å². The number of nitrogens with two attached hydrogens (primary N) is 1. The van der Waals surface area contributed by atoms with Crippen molar-refractivity contribution in [1.82, 2.24) is 0 Å². The van der Waals surface area contributed by atoms with Gasteiger partial charge in [-0.15, -0.1) is 0 Å². The van der Waals surface area contributed by atoms with E-state index in [1.165, 1.54) is 12.8 Å². The molecular weight excluding hydrogens is 202 g/mol. The van der Waals surface area contributed by atoms with E-state index in [0.717, 1.165) is 45.1 Å². The molecule has 3 N–H and O–H groups in total. The molecule has 0 aliphatic carbocycles. The van der Waals surface area contributed by atoms with Crippen LogP contribution in [0.4, 0.5) is 0 Å². The summed E-state index contributed by atoms with van der Waals surface area (Å²) in [6, 6.07) is 0. The van der Waals surface area contributed by atoms with Crippen LogP contribution in [-0.2, 0) is 4.79 Å². The fourth-order valence-electron chi connectivity index (χ4n) is 1.53. The van der Waals surface area contributed by atoms with Gasteiger partial charge in [-0.3, -0.25) is 4.79 Å². The maximum atomic E-state index is 10.2. The van der Waals surface area contributed by atoms with Crippen molar-refractivity contribution in [1.29, 1.82) is 0 Å². The molecule has 0 amide bonds. The Labute approximate surface area is 98.7 Å². The van der Waals surface area contributed by atoms with Crippen molar-refractivity contribution in [3.63, 3.8) is 0 Å². The van der Waals surface area contributed by atoms with Crippen molar-refractivity contribution >= 4 is 5.97 Å². The Hall–Kier alpha value is -0.830. The maximum absolute atomic E-state index is 10.2. The van der Waals surface area contributed by atoms with Crippen molar-refractivity contribution in [2.45, 2.75) is 57.8 Å². The average molecular weight is 227 g/mol. The highest BCUT2D eigenvalue weighted by molar-refractivity contribution is 5.66. The van der Waals surface area contributed by atoms with Crippen molar-refractivity contribution in [3.8, 4) is 0 Å². The van der Waals surface area contributed by atoms with Crippen molar-refractivity contribution in [2.75, 3.05) is 6.54 Å². The summed E-state index contributed by atoms with van der Waals surface area (Å²) in [6.07, 6.45) is 13.5. The average Bonchev–Trinajstić information content (AvgIpc) is 2.25. The summed E-state index contributed by atoms with van der Waals surface area (Å²) in [5.41, 5.74) is 5.39. The third-order valence-electron chi connectivity index (χ3n) is 2.50. The monoisotopic (exact) mass is 227 g/mol. The molecule has 0 aliphatic heterocycles. The van der Waals surface area contributed by atoms with Gasteiger partial charge in [0.2, 0.25) is 0 Å². The Morgan fingerprint density at radius 3 is 2.06 bits per heavy atom. The number of carbonyl (C=O) groups is 1. The van der Waals surface area contributed by atoms with E-state index >= 15 is 0 Å². The van der Waals surface area contributed by atoms with Crippen molar-refractivity contribution in [2.24, 2.45) is 5.73 Å². The van der Waals surface area contributed by atoms with Crippen LogP contribution >= 0.6 is 0 Å². The zero-order valence-corrected chi connectivity index (χ0v) is 10.2. The summed E-state index contributed by atoms with van der Waals surface area (Å²) in [4.78, 5) is 10.2. The minimum atomic E-state index is -0.681. The molecule has 0 atom stereocenters. The quantitative estimate of drug-likeness (QED) is 0.421. The predicted molar refractivity (Wildman–Crippen MR) is 67.4 cm³/mol. The maximum Gasteiger partial charge on any atom is 0.303 e. The highest BCUT2D eigenvalue weighted by Gasteiger charge is 1.95. The first kappa shape index (κ1) is 15.2. The largest absolute Gasteiger partial charge is 0.481 e. The lowest BCUT2D eigenvalue weighted by atomic mass is 10.1. The van der Waals surface area contributed by atoms with Crippen LogP contribution in [0, 0.1) is 0 Å². The molecule has 0 fully saturated rings. The molecule has 0 saturated heterocycles. The molecule has 0 bridgehead atoms. The van der Waals surface area contributed by atoms with Crippen LogP contribution in [0.5, 0.6) is 0 Å². The summed E-state index contributed by atoms with van der Waals surface area (Å²) in [5, 5.41) is 8.44. The highest BCUT2D eigenvalue weighted by Crippen LogP contribution is 2.06. The Bertz CT molecular complexity index is 190. The van der Waals surface area contributed by atoms with Gasteiger partial charge in [0.1, 0.15) is 0 Å². The SMILES string of the molecule is NCCCC/C=C\CCCCCCC(=O)O. The number of carboxylic acids is 1. The minimum absolute atomic E-state index is 0.314. The summed E-state index contributed by atoms with van der Waals surface area (Å²) in [7, 11) is 0. The number of hydrogen-bond donors (Lipinski definition) is 2. The van der Waals surface area contributed by atoms with Crippen LogP contribution in [0.15, 0.2) is 12.2 Å². The normalized spacial score (nSPS) is 11.1. The first-order valence-corrected chi connectivity index (χ1v) is 6.34. The second kappa shape index (κ2) is 12.2. The number of carboxylic acid groups (broad SMARTS) is 1. The molecule has 3 heteroatoms. The van der Waals surface area contributed by atoms with E-state index in [9.17, 15) is 4.79 Å². The third-order valence-corrected chi connectivity index (χ3v) is 2.50. The van der Waals surface area contributed by atoms with Gasteiger partial charge in [0, 0.05) is 6.42 Å². The van der Waals surface area contributed by atoms with E-state index in [1.807, 2.05) is 0 Å². The molecular formula is C13H25NO2. The van der Waals surface area contributed by atoms with E-state index in [4.69, 9.17) is 10.8 Å². The third kappa shape index (κ3) is 13.2. The van der Waals surface area contributed by atoms with Crippen LogP contribution in [0.3, 0.4) is 0 Å². The van der Waals surface area contributed by atoms with Gasteiger partial charge in [0.15, 0.2) is 0 Å². The molecule has 16 heavy (non-hydrogen) atoms. The first-order valence-electron chi connectivity index (χ1n) is 6.34. The van der Waals surface area contributed by atoms with Gasteiger partial charge in [-0.05, 0) is 45.1 Å². The van der Waals surface area contributed by atoms with E-state index < -0.39 is 5.97 Å². The second-order valence-electron chi connectivity index (χ2n) is 4.10. The predicted octanol–water partition coefficient (Wildman–Crippen LogP) is 3.10. The van der Waals surface area contributed by atoms with Gasteiger partial charge >= 0.3 is 5.97 Å². The van der Waals surface area contributed by atoms with Crippen LogP contribution in [0.1, 0.15) is 57.8 Å². The van der Waals surface area contributed by atoms with Crippen molar-refractivity contribution in [3.05, 3.63) is 12.2 Å². The Balaban J connectivity index is 3.05. The highest BCUT2D eigenvalue weighted by atomic mass is 16.4. The molecule has 0 aromatic rings. The number of rotatable bonds is 11. The molecule has 0 aromatic heterocycles.